The molecule has 0 radical (unpaired) electrons. The van der Waals surface area contributed by atoms with E-state index in [9.17, 15) is 13.2 Å². The van der Waals surface area contributed by atoms with E-state index in [0.29, 0.717) is 12.2 Å². The van der Waals surface area contributed by atoms with Gasteiger partial charge in [0.1, 0.15) is 5.75 Å². The first-order chi connectivity index (χ1) is 11.5. The zero-order valence-corrected chi connectivity index (χ0v) is 13.7. The Morgan fingerprint density at radius 1 is 0.958 bits per heavy atom. The highest BCUT2D eigenvalue weighted by Crippen LogP contribution is 2.15. The van der Waals surface area contributed by atoms with E-state index in [1.165, 1.54) is 12.1 Å². The maximum atomic E-state index is 12.0. The molecule has 0 aliphatic rings. The maximum Gasteiger partial charge on any atom is 0.306 e. The first kappa shape index (κ1) is 18.0. The number of hydrogen-bond acceptors (Lipinski definition) is 5. The van der Waals surface area contributed by atoms with Crippen LogP contribution in [-0.2, 0) is 25.5 Å². The average Bonchev–Trinajstić information content (AvgIpc) is 2.57. The van der Waals surface area contributed by atoms with Crippen LogP contribution in [0.2, 0.25) is 0 Å². The number of aliphatic carboxylic acids is 1. The van der Waals surface area contributed by atoms with Crippen LogP contribution in [0, 0.1) is 0 Å². The Kier molecular flexibility index (Phi) is 6.34. The molecule has 7 heteroatoms. The summed E-state index contributed by atoms with van der Waals surface area (Å²) in [6.07, 6.45) is 0.369. The third-order valence-electron chi connectivity index (χ3n) is 3.17. The summed E-state index contributed by atoms with van der Waals surface area (Å²) < 4.78 is 34.2. The highest BCUT2D eigenvalue weighted by atomic mass is 32.2. The predicted molar refractivity (Wildman–Crippen MR) is 87.5 cm³/mol. The van der Waals surface area contributed by atoms with Gasteiger partial charge < -0.3 is 9.84 Å². The quantitative estimate of drug-likeness (QED) is 0.699. The van der Waals surface area contributed by atoms with Gasteiger partial charge in [-0.25, -0.2) is 0 Å². The molecule has 0 aromatic heterocycles. The van der Waals surface area contributed by atoms with Crippen molar-refractivity contribution in [3.05, 3.63) is 60.2 Å². The minimum atomic E-state index is -3.74. The smallest absolute Gasteiger partial charge is 0.306 e. The standard InChI is InChI=1S/C17H18O6S/c18-17(19)11-12-22-15-8-6-14(7-9-15)10-13-23-24(20,21)16-4-2-1-3-5-16/h1-9H,10-13H2,(H,18,19). The van der Waals surface area contributed by atoms with Gasteiger partial charge in [0.05, 0.1) is 24.5 Å². The van der Waals surface area contributed by atoms with Crippen molar-refractivity contribution in [2.24, 2.45) is 0 Å². The number of carboxylic acids is 1. The Labute approximate surface area is 140 Å². The fourth-order valence-corrected chi connectivity index (χ4v) is 2.86. The minimum Gasteiger partial charge on any atom is -0.493 e. The van der Waals surface area contributed by atoms with E-state index < -0.39 is 16.1 Å². The second kappa shape index (κ2) is 8.47. The van der Waals surface area contributed by atoms with Crippen molar-refractivity contribution in [1.82, 2.24) is 0 Å². The molecule has 0 amide bonds. The molecule has 0 atom stereocenters. The van der Waals surface area contributed by atoms with Crippen LogP contribution < -0.4 is 4.74 Å². The third-order valence-corrected chi connectivity index (χ3v) is 4.50. The molecule has 0 aliphatic heterocycles. The molecule has 2 aromatic carbocycles. The molecule has 0 aliphatic carbocycles. The Morgan fingerprint density at radius 2 is 1.62 bits per heavy atom. The van der Waals surface area contributed by atoms with Crippen LogP contribution in [0.15, 0.2) is 59.5 Å². The molecular formula is C17H18O6S. The summed E-state index contributed by atoms with van der Waals surface area (Å²) in [5.74, 6) is -0.346. The molecule has 2 aromatic rings. The summed E-state index contributed by atoms with van der Waals surface area (Å²) in [4.78, 5) is 10.5. The molecule has 0 unspecified atom stereocenters. The van der Waals surface area contributed by atoms with E-state index in [1.807, 2.05) is 0 Å². The van der Waals surface area contributed by atoms with Crippen molar-refractivity contribution < 1.29 is 27.2 Å². The van der Waals surface area contributed by atoms with Crippen molar-refractivity contribution in [2.75, 3.05) is 13.2 Å². The van der Waals surface area contributed by atoms with Gasteiger partial charge >= 0.3 is 5.97 Å². The van der Waals surface area contributed by atoms with Crippen LogP contribution in [0.1, 0.15) is 12.0 Å². The third kappa shape index (κ3) is 5.68. The van der Waals surface area contributed by atoms with Crippen molar-refractivity contribution in [3.8, 4) is 5.75 Å². The summed E-state index contributed by atoms with van der Waals surface area (Å²) >= 11 is 0. The van der Waals surface area contributed by atoms with Gasteiger partial charge in [-0.05, 0) is 36.2 Å². The highest BCUT2D eigenvalue weighted by molar-refractivity contribution is 7.86. The second-order valence-electron chi connectivity index (χ2n) is 4.98. The van der Waals surface area contributed by atoms with Crippen LogP contribution in [-0.4, -0.2) is 32.7 Å². The second-order valence-corrected chi connectivity index (χ2v) is 6.59. The fraction of sp³-hybridized carbons (Fsp3) is 0.235. The molecule has 0 saturated heterocycles. The van der Waals surface area contributed by atoms with E-state index in [2.05, 4.69) is 0 Å². The lowest BCUT2D eigenvalue weighted by molar-refractivity contribution is -0.137. The van der Waals surface area contributed by atoms with Gasteiger partial charge in [-0.2, -0.15) is 8.42 Å². The maximum absolute atomic E-state index is 12.0. The summed E-state index contributed by atoms with van der Waals surface area (Å²) in [5.41, 5.74) is 0.892. The molecule has 128 valence electrons. The van der Waals surface area contributed by atoms with Gasteiger partial charge in [-0.15, -0.1) is 0 Å². The number of benzene rings is 2. The van der Waals surface area contributed by atoms with Gasteiger partial charge in [0.25, 0.3) is 10.1 Å². The van der Waals surface area contributed by atoms with E-state index in [4.69, 9.17) is 14.0 Å². The SMILES string of the molecule is O=C(O)CCOc1ccc(CCOS(=O)(=O)c2ccccc2)cc1. The monoisotopic (exact) mass is 350 g/mol. The van der Waals surface area contributed by atoms with E-state index >= 15 is 0 Å². The summed E-state index contributed by atoms with van der Waals surface area (Å²) in [6.45, 7) is 0.142. The summed E-state index contributed by atoms with van der Waals surface area (Å²) in [6, 6.07) is 15.0. The normalized spacial score (nSPS) is 11.2. The van der Waals surface area contributed by atoms with Crippen LogP contribution >= 0.6 is 0 Å². The van der Waals surface area contributed by atoms with Crippen molar-refractivity contribution in [1.29, 1.82) is 0 Å². The topological polar surface area (TPSA) is 89.9 Å². The van der Waals surface area contributed by atoms with Crippen LogP contribution in [0.4, 0.5) is 0 Å². The molecule has 6 nitrogen and oxygen atoms in total. The molecule has 2 rings (SSSR count). The van der Waals surface area contributed by atoms with Gasteiger partial charge in [-0.1, -0.05) is 30.3 Å². The van der Waals surface area contributed by atoms with Crippen molar-refractivity contribution in [3.63, 3.8) is 0 Å². The van der Waals surface area contributed by atoms with E-state index in [-0.39, 0.29) is 24.5 Å². The molecule has 0 saturated carbocycles. The lowest BCUT2D eigenvalue weighted by Crippen LogP contribution is -2.09. The summed E-state index contributed by atoms with van der Waals surface area (Å²) in [7, 11) is -3.74. The Morgan fingerprint density at radius 3 is 2.25 bits per heavy atom. The van der Waals surface area contributed by atoms with Gasteiger partial charge in [0.2, 0.25) is 0 Å². The summed E-state index contributed by atoms with van der Waals surface area (Å²) in [5, 5.41) is 8.54. The van der Waals surface area contributed by atoms with Gasteiger partial charge in [-0.3, -0.25) is 8.98 Å². The Hall–Kier alpha value is -2.38. The average molecular weight is 350 g/mol. The first-order valence-electron chi connectivity index (χ1n) is 7.35. The molecule has 0 heterocycles. The van der Waals surface area contributed by atoms with E-state index in [1.54, 1.807) is 42.5 Å². The van der Waals surface area contributed by atoms with Gasteiger partial charge in [0.15, 0.2) is 0 Å². The fourth-order valence-electron chi connectivity index (χ4n) is 1.93. The van der Waals surface area contributed by atoms with Gasteiger partial charge in [0, 0.05) is 0 Å². The molecule has 0 spiro atoms. The Balaban J connectivity index is 1.81. The zero-order chi connectivity index (χ0) is 17.4. The molecule has 1 N–H and O–H groups in total. The molecular weight excluding hydrogens is 332 g/mol. The highest BCUT2D eigenvalue weighted by Gasteiger charge is 2.13. The van der Waals surface area contributed by atoms with E-state index in [0.717, 1.165) is 5.56 Å². The van der Waals surface area contributed by atoms with Crippen LogP contribution in [0.3, 0.4) is 0 Å². The van der Waals surface area contributed by atoms with Crippen LogP contribution in [0.25, 0.3) is 0 Å². The van der Waals surface area contributed by atoms with Crippen LogP contribution in [0.5, 0.6) is 5.75 Å². The lowest BCUT2D eigenvalue weighted by atomic mass is 10.1. The molecule has 0 fully saturated rings. The molecule has 0 bridgehead atoms. The number of rotatable bonds is 9. The minimum absolute atomic E-state index is 0.0381. The first-order valence-corrected chi connectivity index (χ1v) is 8.76. The number of carbonyl (C=O) groups is 1. The Bertz CT molecular complexity index is 753. The number of carboxylic acid groups (broad SMARTS) is 1. The largest absolute Gasteiger partial charge is 0.493 e. The zero-order valence-electron chi connectivity index (χ0n) is 12.9. The lowest BCUT2D eigenvalue weighted by Gasteiger charge is -2.07. The molecule has 24 heavy (non-hydrogen) atoms. The van der Waals surface area contributed by atoms with Crippen molar-refractivity contribution >= 4 is 16.1 Å². The number of hydrogen-bond donors (Lipinski definition) is 1. The number of ether oxygens (including phenoxy) is 1. The van der Waals surface area contributed by atoms with Crippen molar-refractivity contribution in [2.45, 2.75) is 17.7 Å². The predicted octanol–water partition coefficient (Wildman–Crippen LogP) is 2.49.